The van der Waals surface area contributed by atoms with Crippen LogP contribution in [0.5, 0.6) is 0 Å². The van der Waals surface area contributed by atoms with Gasteiger partial charge >= 0.3 is 0 Å². The predicted molar refractivity (Wildman–Crippen MR) is 104 cm³/mol. The van der Waals surface area contributed by atoms with Crippen LogP contribution in [0.2, 0.25) is 0 Å². The van der Waals surface area contributed by atoms with Crippen LogP contribution in [0.25, 0.3) is 0 Å². The molecule has 25 heavy (non-hydrogen) atoms. The molecule has 3 rings (SSSR count). The second-order valence-electron chi connectivity index (χ2n) is 6.83. The summed E-state index contributed by atoms with van der Waals surface area (Å²) in [4.78, 5) is 14.7. The molecule has 0 saturated carbocycles. The predicted octanol–water partition coefficient (Wildman–Crippen LogP) is 3.09. The van der Waals surface area contributed by atoms with Crippen molar-refractivity contribution in [2.24, 2.45) is 5.92 Å². The molecule has 0 unspecified atom stereocenters. The van der Waals surface area contributed by atoms with Gasteiger partial charge in [-0.1, -0.05) is 13.8 Å². The Labute approximate surface area is 159 Å². The lowest BCUT2D eigenvalue weighted by molar-refractivity contribution is -0.132. The Bertz CT molecular complexity index is 645. The number of rotatable bonds is 7. The quantitative estimate of drug-likeness (QED) is 0.800. The van der Waals surface area contributed by atoms with Gasteiger partial charge in [0.15, 0.2) is 0 Å². The van der Waals surface area contributed by atoms with Crippen molar-refractivity contribution in [2.45, 2.75) is 46.3 Å². The third-order valence-corrected chi connectivity index (χ3v) is 4.94. The third-order valence-electron chi connectivity index (χ3n) is 4.21. The van der Waals surface area contributed by atoms with E-state index in [2.05, 4.69) is 51.8 Å². The van der Waals surface area contributed by atoms with Crippen molar-refractivity contribution < 1.29 is 4.79 Å². The molecule has 3 heterocycles. The van der Waals surface area contributed by atoms with E-state index in [1.807, 2.05) is 4.90 Å². The molecule has 0 saturated heterocycles. The monoisotopic (exact) mass is 382 g/mol. The molecule has 1 aliphatic heterocycles. The lowest BCUT2D eigenvalue weighted by atomic mass is 10.1. The zero-order valence-corrected chi connectivity index (χ0v) is 16.5. The Morgan fingerprint density at radius 3 is 3.00 bits per heavy atom. The third kappa shape index (κ3) is 5.56. The fourth-order valence-corrected chi connectivity index (χ4v) is 3.73. The highest BCUT2D eigenvalue weighted by molar-refractivity contribution is 7.07. The van der Waals surface area contributed by atoms with Crippen LogP contribution in [0, 0.1) is 5.92 Å². The number of halogens is 1. The number of aryl methyl sites for hydroxylation is 1. The maximum absolute atomic E-state index is 12.7. The minimum absolute atomic E-state index is 0. The Balaban J connectivity index is 0.00000225. The lowest BCUT2D eigenvalue weighted by Gasteiger charge is -2.24. The molecule has 0 aromatic carbocycles. The Kier molecular flexibility index (Phi) is 7.47. The van der Waals surface area contributed by atoms with Gasteiger partial charge in [-0.3, -0.25) is 9.48 Å². The molecule has 0 spiro atoms. The molecule has 0 bridgehead atoms. The van der Waals surface area contributed by atoms with Gasteiger partial charge in [0.1, 0.15) is 0 Å². The summed E-state index contributed by atoms with van der Waals surface area (Å²) in [6.45, 7) is 8.59. The molecule has 1 aliphatic rings. The summed E-state index contributed by atoms with van der Waals surface area (Å²) in [7, 11) is 0. The molecule has 7 heteroatoms. The molecule has 2 aromatic rings. The molecular formula is C18H27ClN4OS. The highest BCUT2D eigenvalue weighted by Gasteiger charge is 2.17. The highest BCUT2D eigenvalue weighted by atomic mass is 35.5. The molecule has 0 radical (unpaired) electrons. The van der Waals surface area contributed by atoms with E-state index in [1.54, 1.807) is 11.3 Å². The first-order valence-electron chi connectivity index (χ1n) is 8.67. The summed E-state index contributed by atoms with van der Waals surface area (Å²) in [5.74, 6) is 0.692. The lowest BCUT2D eigenvalue weighted by Crippen LogP contribution is -2.33. The molecule has 5 nitrogen and oxygen atoms in total. The molecule has 1 N–H and O–H groups in total. The van der Waals surface area contributed by atoms with E-state index in [0.29, 0.717) is 18.9 Å². The van der Waals surface area contributed by atoms with Gasteiger partial charge in [-0.15, -0.1) is 12.4 Å². The summed E-state index contributed by atoms with van der Waals surface area (Å²) >= 11 is 1.68. The minimum Gasteiger partial charge on any atom is -0.338 e. The van der Waals surface area contributed by atoms with Crippen LogP contribution >= 0.6 is 23.7 Å². The second-order valence-corrected chi connectivity index (χ2v) is 7.61. The number of amides is 1. The summed E-state index contributed by atoms with van der Waals surface area (Å²) in [6, 6.07) is 4.23. The van der Waals surface area contributed by atoms with E-state index >= 15 is 0 Å². The van der Waals surface area contributed by atoms with Crippen LogP contribution in [0.15, 0.2) is 22.9 Å². The van der Waals surface area contributed by atoms with E-state index in [9.17, 15) is 4.79 Å². The van der Waals surface area contributed by atoms with E-state index in [-0.39, 0.29) is 18.3 Å². The van der Waals surface area contributed by atoms with E-state index in [0.717, 1.165) is 38.3 Å². The summed E-state index contributed by atoms with van der Waals surface area (Å²) in [5, 5.41) is 12.2. The number of carbonyl (C=O) groups is 1. The van der Waals surface area contributed by atoms with Crippen LogP contribution in [0.1, 0.15) is 37.2 Å². The number of hydrogen-bond donors (Lipinski definition) is 1. The average molecular weight is 383 g/mol. The van der Waals surface area contributed by atoms with Crippen molar-refractivity contribution in [2.75, 3.05) is 13.1 Å². The van der Waals surface area contributed by atoms with Gasteiger partial charge < -0.3 is 10.2 Å². The Morgan fingerprint density at radius 1 is 1.48 bits per heavy atom. The number of nitrogens with one attached hydrogen (secondary N) is 1. The number of fused-ring (bicyclic) bond motifs is 1. The van der Waals surface area contributed by atoms with Crippen LogP contribution in [-0.4, -0.2) is 33.7 Å². The number of hydrogen-bond acceptors (Lipinski definition) is 4. The van der Waals surface area contributed by atoms with Crippen molar-refractivity contribution in [1.29, 1.82) is 0 Å². The Hall–Kier alpha value is -1.37. The summed E-state index contributed by atoms with van der Waals surface area (Å²) in [6.07, 6.45) is 1.25. The number of carbonyl (C=O) groups excluding carboxylic acids is 1. The maximum atomic E-state index is 12.7. The largest absolute Gasteiger partial charge is 0.338 e. The summed E-state index contributed by atoms with van der Waals surface area (Å²) < 4.78 is 2.06. The highest BCUT2D eigenvalue weighted by Crippen LogP contribution is 2.14. The molecule has 0 aliphatic carbocycles. The minimum atomic E-state index is 0. The standard InChI is InChI=1S/C18H26N4OS.ClH/c1-14(2)11-21(12-15-5-8-24-13-15)18(23)4-3-16-9-17-10-19-6-7-22(17)20-16;/h5,8-9,13-14,19H,3-4,6-7,10-12H2,1-2H3;1H. The van der Waals surface area contributed by atoms with Crippen molar-refractivity contribution in [3.8, 4) is 0 Å². The van der Waals surface area contributed by atoms with Gasteiger partial charge in [-0.2, -0.15) is 16.4 Å². The topological polar surface area (TPSA) is 50.2 Å². The van der Waals surface area contributed by atoms with Crippen LogP contribution in [-0.2, 0) is 30.8 Å². The first-order valence-corrected chi connectivity index (χ1v) is 9.61. The van der Waals surface area contributed by atoms with Crippen LogP contribution < -0.4 is 5.32 Å². The first kappa shape index (κ1) is 19.9. The normalized spacial score (nSPS) is 13.4. The van der Waals surface area contributed by atoms with E-state index in [4.69, 9.17) is 0 Å². The first-order chi connectivity index (χ1) is 11.6. The molecule has 1 amide bonds. The van der Waals surface area contributed by atoms with Crippen molar-refractivity contribution >= 4 is 29.7 Å². The van der Waals surface area contributed by atoms with Crippen LogP contribution in [0.4, 0.5) is 0 Å². The number of nitrogens with zero attached hydrogens (tertiary/aromatic N) is 3. The van der Waals surface area contributed by atoms with Gasteiger partial charge in [-0.25, -0.2) is 0 Å². The van der Waals surface area contributed by atoms with Crippen LogP contribution in [0.3, 0.4) is 0 Å². The number of aromatic nitrogens is 2. The zero-order chi connectivity index (χ0) is 16.9. The maximum Gasteiger partial charge on any atom is 0.223 e. The van der Waals surface area contributed by atoms with Crippen molar-refractivity contribution in [3.05, 3.63) is 39.8 Å². The fourth-order valence-electron chi connectivity index (χ4n) is 3.07. The fraction of sp³-hybridized carbons (Fsp3) is 0.556. The van der Waals surface area contributed by atoms with Gasteiger partial charge in [0.05, 0.1) is 17.9 Å². The molecular weight excluding hydrogens is 356 g/mol. The van der Waals surface area contributed by atoms with Gasteiger partial charge in [-0.05, 0) is 34.4 Å². The zero-order valence-electron chi connectivity index (χ0n) is 14.9. The van der Waals surface area contributed by atoms with Gasteiger partial charge in [0.2, 0.25) is 5.91 Å². The van der Waals surface area contributed by atoms with Crippen molar-refractivity contribution in [1.82, 2.24) is 20.0 Å². The molecule has 0 fully saturated rings. The van der Waals surface area contributed by atoms with E-state index in [1.165, 1.54) is 11.3 Å². The van der Waals surface area contributed by atoms with E-state index < -0.39 is 0 Å². The SMILES string of the molecule is CC(C)CN(Cc1ccsc1)C(=O)CCc1cc2n(n1)CCNC2.Cl. The Morgan fingerprint density at radius 2 is 2.32 bits per heavy atom. The molecule has 0 atom stereocenters. The second kappa shape index (κ2) is 9.36. The smallest absolute Gasteiger partial charge is 0.223 e. The average Bonchev–Trinajstić information content (AvgIpc) is 3.20. The molecule has 2 aromatic heterocycles. The van der Waals surface area contributed by atoms with Gasteiger partial charge in [0.25, 0.3) is 0 Å². The number of thiophene rings is 1. The summed E-state index contributed by atoms with van der Waals surface area (Å²) in [5.41, 5.74) is 3.47. The molecule has 138 valence electrons. The van der Waals surface area contributed by atoms with Gasteiger partial charge in [0, 0.05) is 39.0 Å². The van der Waals surface area contributed by atoms with Crippen molar-refractivity contribution in [3.63, 3.8) is 0 Å².